The maximum atomic E-state index is 11.5. The lowest BCUT2D eigenvalue weighted by Crippen LogP contribution is -2.15. The number of aliphatic hydroxyl groups excluding tert-OH is 1. The molecule has 1 N–H and O–H groups in total. The summed E-state index contributed by atoms with van der Waals surface area (Å²) in [5, 5.41) is 7.98. The van der Waals surface area contributed by atoms with Crippen molar-refractivity contribution < 1.29 is 9.90 Å². The summed E-state index contributed by atoms with van der Waals surface area (Å²) in [5.41, 5.74) is 0.593. The summed E-state index contributed by atoms with van der Waals surface area (Å²) in [4.78, 5) is 11.5. The van der Waals surface area contributed by atoms with Gasteiger partial charge >= 0.3 is 0 Å². The minimum absolute atomic E-state index is 0.0628. The van der Waals surface area contributed by atoms with E-state index < -0.39 is 5.38 Å². The van der Waals surface area contributed by atoms with Gasteiger partial charge in [-0.1, -0.05) is 30.3 Å². The summed E-state index contributed by atoms with van der Waals surface area (Å²) in [5.74, 6) is -0.128. The Labute approximate surface area is 82.2 Å². The third-order valence-electron chi connectivity index (χ3n) is 1.73. The van der Waals surface area contributed by atoms with Crippen molar-refractivity contribution in [2.24, 2.45) is 0 Å². The maximum Gasteiger partial charge on any atom is 0.180 e. The van der Waals surface area contributed by atoms with Crippen LogP contribution in [0.1, 0.15) is 16.8 Å². The third-order valence-corrected chi connectivity index (χ3v) is 2.14. The molecule has 3 heteroatoms. The molecule has 0 aliphatic carbocycles. The molecule has 1 rings (SSSR count). The van der Waals surface area contributed by atoms with Crippen molar-refractivity contribution in [3.63, 3.8) is 0 Å². The molecule has 0 aromatic heterocycles. The highest BCUT2D eigenvalue weighted by Gasteiger charge is 2.15. The fourth-order valence-electron chi connectivity index (χ4n) is 1.03. The van der Waals surface area contributed by atoms with E-state index in [0.29, 0.717) is 12.0 Å². The number of benzene rings is 1. The number of halogens is 1. The van der Waals surface area contributed by atoms with Crippen LogP contribution < -0.4 is 0 Å². The first-order valence-electron chi connectivity index (χ1n) is 4.10. The van der Waals surface area contributed by atoms with Crippen molar-refractivity contribution in [3.8, 4) is 0 Å². The van der Waals surface area contributed by atoms with Gasteiger partial charge in [0.2, 0.25) is 0 Å². The van der Waals surface area contributed by atoms with Crippen molar-refractivity contribution in [3.05, 3.63) is 35.9 Å². The van der Waals surface area contributed by atoms with E-state index in [1.165, 1.54) is 0 Å². The lowest BCUT2D eigenvalue weighted by Gasteiger charge is -2.05. The van der Waals surface area contributed by atoms with E-state index in [9.17, 15) is 4.79 Å². The first kappa shape index (κ1) is 10.2. The Balaban J connectivity index is 2.68. The monoisotopic (exact) mass is 198 g/mol. The zero-order chi connectivity index (χ0) is 9.68. The van der Waals surface area contributed by atoms with Crippen LogP contribution in [0, 0.1) is 0 Å². The summed E-state index contributed by atoms with van der Waals surface area (Å²) in [7, 11) is 0. The molecular formula is C10H11ClO2. The van der Waals surface area contributed by atoms with Gasteiger partial charge in [0.1, 0.15) is 0 Å². The second kappa shape index (κ2) is 5.00. The molecule has 0 saturated heterocycles. The minimum Gasteiger partial charge on any atom is -0.396 e. The van der Waals surface area contributed by atoms with E-state index in [4.69, 9.17) is 16.7 Å². The van der Waals surface area contributed by atoms with E-state index >= 15 is 0 Å². The van der Waals surface area contributed by atoms with Crippen LogP contribution in [0.3, 0.4) is 0 Å². The van der Waals surface area contributed by atoms with E-state index in [0.717, 1.165) is 0 Å². The van der Waals surface area contributed by atoms with Gasteiger partial charge in [-0.15, -0.1) is 11.6 Å². The van der Waals surface area contributed by atoms with Crippen LogP contribution in [0.4, 0.5) is 0 Å². The van der Waals surface area contributed by atoms with Crippen LogP contribution in [0.25, 0.3) is 0 Å². The highest BCUT2D eigenvalue weighted by Crippen LogP contribution is 2.10. The van der Waals surface area contributed by atoms with E-state index in [1.54, 1.807) is 24.3 Å². The molecule has 0 saturated carbocycles. The van der Waals surface area contributed by atoms with Gasteiger partial charge in [-0.05, 0) is 6.42 Å². The highest BCUT2D eigenvalue weighted by molar-refractivity contribution is 6.33. The van der Waals surface area contributed by atoms with E-state index in [2.05, 4.69) is 0 Å². The van der Waals surface area contributed by atoms with Crippen LogP contribution in [0.5, 0.6) is 0 Å². The number of Topliss-reactive ketones (excluding diaryl/α,β-unsaturated/α-hetero) is 1. The number of ketones is 1. The number of carbonyl (C=O) groups is 1. The van der Waals surface area contributed by atoms with Crippen LogP contribution in [-0.2, 0) is 0 Å². The number of carbonyl (C=O) groups excluding carboxylic acids is 1. The molecule has 70 valence electrons. The first-order valence-corrected chi connectivity index (χ1v) is 4.53. The zero-order valence-corrected chi connectivity index (χ0v) is 7.87. The summed E-state index contributed by atoms with van der Waals surface area (Å²) < 4.78 is 0. The Bertz CT molecular complexity index is 272. The molecule has 0 unspecified atom stereocenters. The molecule has 0 aliphatic rings. The molecule has 0 amide bonds. The summed E-state index contributed by atoms with van der Waals surface area (Å²) in [6, 6.07) is 8.85. The van der Waals surface area contributed by atoms with Gasteiger partial charge in [0.05, 0.1) is 5.38 Å². The quantitative estimate of drug-likeness (QED) is 0.592. The van der Waals surface area contributed by atoms with Crippen molar-refractivity contribution >= 4 is 17.4 Å². The molecule has 0 bridgehead atoms. The lowest BCUT2D eigenvalue weighted by molar-refractivity contribution is 0.0976. The Hall–Kier alpha value is -0.860. The molecule has 13 heavy (non-hydrogen) atoms. The molecule has 1 atom stereocenters. The van der Waals surface area contributed by atoms with Gasteiger partial charge in [0.25, 0.3) is 0 Å². The Morgan fingerprint density at radius 2 is 2.00 bits per heavy atom. The van der Waals surface area contributed by atoms with Crippen LogP contribution in [-0.4, -0.2) is 22.9 Å². The predicted molar refractivity (Wildman–Crippen MR) is 52.1 cm³/mol. The number of aliphatic hydroxyl groups is 1. The van der Waals surface area contributed by atoms with Crippen LogP contribution in [0.2, 0.25) is 0 Å². The molecule has 0 fully saturated rings. The van der Waals surface area contributed by atoms with Crippen LogP contribution in [0.15, 0.2) is 30.3 Å². The second-order valence-electron chi connectivity index (χ2n) is 2.71. The van der Waals surface area contributed by atoms with Crippen molar-refractivity contribution in [1.29, 1.82) is 0 Å². The number of hydrogen-bond donors (Lipinski definition) is 1. The van der Waals surface area contributed by atoms with E-state index in [-0.39, 0.29) is 12.4 Å². The maximum absolute atomic E-state index is 11.5. The van der Waals surface area contributed by atoms with Crippen molar-refractivity contribution in [2.45, 2.75) is 11.8 Å². The van der Waals surface area contributed by atoms with Gasteiger partial charge in [0.15, 0.2) is 5.78 Å². The first-order chi connectivity index (χ1) is 6.25. The number of rotatable bonds is 4. The molecule has 0 heterocycles. The molecule has 1 aromatic rings. The molecule has 0 spiro atoms. The fraction of sp³-hybridized carbons (Fsp3) is 0.300. The molecule has 1 aromatic carbocycles. The molecule has 0 aliphatic heterocycles. The standard InChI is InChI=1S/C10H11ClO2/c11-9(6-7-12)10(13)8-4-2-1-3-5-8/h1-5,9,12H,6-7H2/t9-/m0/s1. The predicted octanol–water partition coefficient (Wildman–Crippen LogP) is 1.86. The average Bonchev–Trinajstić information content (AvgIpc) is 2.18. The zero-order valence-electron chi connectivity index (χ0n) is 7.11. The van der Waals surface area contributed by atoms with Crippen LogP contribution >= 0.6 is 11.6 Å². The smallest absolute Gasteiger partial charge is 0.180 e. The molecule has 0 radical (unpaired) electrons. The topological polar surface area (TPSA) is 37.3 Å². The minimum atomic E-state index is -0.618. The summed E-state index contributed by atoms with van der Waals surface area (Å²) >= 11 is 5.76. The Morgan fingerprint density at radius 3 is 2.54 bits per heavy atom. The highest BCUT2D eigenvalue weighted by atomic mass is 35.5. The summed E-state index contributed by atoms with van der Waals surface area (Å²) in [6.07, 6.45) is 0.301. The van der Waals surface area contributed by atoms with Gasteiger partial charge in [-0.3, -0.25) is 4.79 Å². The number of hydrogen-bond acceptors (Lipinski definition) is 2. The largest absolute Gasteiger partial charge is 0.396 e. The van der Waals surface area contributed by atoms with Crippen molar-refractivity contribution in [2.75, 3.05) is 6.61 Å². The lowest BCUT2D eigenvalue weighted by atomic mass is 10.1. The van der Waals surface area contributed by atoms with Gasteiger partial charge in [-0.25, -0.2) is 0 Å². The Morgan fingerprint density at radius 1 is 1.38 bits per heavy atom. The fourth-order valence-corrected chi connectivity index (χ4v) is 1.25. The normalized spacial score (nSPS) is 12.5. The number of alkyl halides is 1. The van der Waals surface area contributed by atoms with Gasteiger partial charge < -0.3 is 5.11 Å². The molecule has 2 nitrogen and oxygen atoms in total. The summed E-state index contributed by atoms with van der Waals surface area (Å²) in [6.45, 7) is -0.0628. The molecular weight excluding hydrogens is 188 g/mol. The van der Waals surface area contributed by atoms with Gasteiger partial charge in [-0.2, -0.15) is 0 Å². The van der Waals surface area contributed by atoms with E-state index in [1.807, 2.05) is 6.07 Å². The second-order valence-corrected chi connectivity index (χ2v) is 3.24. The van der Waals surface area contributed by atoms with Crippen molar-refractivity contribution in [1.82, 2.24) is 0 Å². The third kappa shape index (κ3) is 2.83. The SMILES string of the molecule is O=C(c1ccccc1)[C@@H](Cl)CCO. The Kier molecular flexibility index (Phi) is 3.93. The van der Waals surface area contributed by atoms with Gasteiger partial charge in [0, 0.05) is 12.2 Å². The average molecular weight is 199 g/mol.